The van der Waals surface area contributed by atoms with Crippen LogP contribution in [0.1, 0.15) is 48.2 Å². The van der Waals surface area contributed by atoms with E-state index in [0.717, 1.165) is 0 Å². The summed E-state index contributed by atoms with van der Waals surface area (Å²) in [4.78, 5) is 37.3. The summed E-state index contributed by atoms with van der Waals surface area (Å²) in [5, 5.41) is 2.25. The van der Waals surface area contributed by atoms with Crippen LogP contribution >= 0.6 is 0 Å². The number of imide groups is 1. The van der Waals surface area contributed by atoms with E-state index in [4.69, 9.17) is 0 Å². The van der Waals surface area contributed by atoms with E-state index in [2.05, 4.69) is 17.2 Å². The van der Waals surface area contributed by atoms with Crippen LogP contribution in [0.25, 0.3) is 0 Å². The molecule has 3 rings (SSSR count). The third kappa shape index (κ3) is 2.90. The first kappa shape index (κ1) is 16.2. The normalized spacial score (nSPS) is 19.9. The Morgan fingerprint density at radius 3 is 2.71 bits per heavy atom. The van der Waals surface area contributed by atoms with Crippen molar-refractivity contribution in [2.45, 2.75) is 39.3 Å². The molecule has 1 unspecified atom stereocenters. The van der Waals surface area contributed by atoms with Gasteiger partial charge in [0.2, 0.25) is 11.8 Å². The minimum Gasteiger partial charge on any atom is -0.322 e. The summed E-state index contributed by atoms with van der Waals surface area (Å²) < 4.78 is 13.9. The molecule has 0 bridgehead atoms. The van der Waals surface area contributed by atoms with Crippen molar-refractivity contribution in [1.29, 1.82) is 0 Å². The lowest BCUT2D eigenvalue weighted by Gasteiger charge is -2.29. The summed E-state index contributed by atoms with van der Waals surface area (Å²) in [5.74, 6) is 4.27. The van der Waals surface area contributed by atoms with Crippen LogP contribution in [0.5, 0.6) is 0 Å². The second-order valence-electron chi connectivity index (χ2n) is 6.30. The predicted molar refractivity (Wildman–Crippen MR) is 84.2 cm³/mol. The molecule has 3 amide bonds. The fourth-order valence-corrected chi connectivity index (χ4v) is 2.96. The van der Waals surface area contributed by atoms with Crippen molar-refractivity contribution in [3.63, 3.8) is 0 Å². The zero-order chi connectivity index (χ0) is 17.4. The Kier molecular flexibility index (Phi) is 4.10. The highest BCUT2D eigenvalue weighted by Gasteiger charge is 2.40. The molecule has 5 nitrogen and oxygen atoms in total. The number of carbonyl (C=O) groups excluding carboxylic acids is 3. The van der Waals surface area contributed by atoms with Gasteiger partial charge in [0, 0.05) is 35.6 Å². The van der Waals surface area contributed by atoms with Crippen LogP contribution in [0, 0.1) is 23.6 Å². The molecule has 0 aromatic heterocycles. The van der Waals surface area contributed by atoms with Crippen LogP contribution in [0.15, 0.2) is 12.1 Å². The fraction of sp³-hybridized carbons (Fsp3) is 0.389. The van der Waals surface area contributed by atoms with Gasteiger partial charge in [0.25, 0.3) is 5.91 Å². The number of nitrogens with zero attached hydrogens (tertiary/aromatic N) is 1. The molecule has 1 atom stereocenters. The van der Waals surface area contributed by atoms with E-state index >= 15 is 0 Å². The molecule has 1 fully saturated rings. The van der Waals surface area contributed by atoms with E-state index in [1.54, 1.807) is 0 Å². The van der Waals surface area contributed by atoms with Gasteiger partial charge in [-0.3, -0.25) is 19.7 Å². The van der Waals surface area contributed by atoms with Crippen molar-refractivity contribution in [3.05, 3.63) is 34.6 Å². The molecule has 2 aliphatic heterocycles. The Morgan fingerprint density at radius 1 is 1.29 bits per heavy atom. The third-order valence-electron chi connectivity index (χ3n) is 4.12. The molecule has 0 aliphatic carbocycles. The lowest BCUT2D eigenvalue weighted by atomic mass is 10.0. The van der Waals surface area contributed by atoms with Crippen LogP contribution in [0.2, 0.25) is 0 Å². The fourth-order valence-electron chi connectivity index (χ4n) is 2.96. The number of carbonyl (C=O) groups is 3. The molecule has 0 radical (unpaired) electrons. The van der Waals surface area contributed by atoms with Crippen molar-refractivity contribution in [3.8, 4) is 11.8 Å². The number of nitrogens with one attached hydrogen (secondary N) is 1. The number of benzene rings is 1. The van der Waals surface area contributed by atoms with E-state index in [0.29, 0.717) is 11.1 Å². The van der Waals surface area contributed by atoms with E-state index in [1.807, 2.05) is 13.8 Å². The van der Waals surface area contributed by atoms with Crippen molar-refractivity contribution in [2.24, 2.45) is 5.92 Å². The number of halogens is 1. The number of piperidine rings is 1. The Morgan fingerprint density at radius 2 is 2.04 bits per heavy atom. The average Bonchev–Trinajstić information content (AvgIpc) is 2.82. The van der Waals surface area contributed by atoms with Crippen molar-refractivity contribution < 1.29 is 18.8 Å². The molecular weight excluding hydrogens is 311 g/mol. The van der Waals surface area contributed by atoms with Crippen LogP contribution in [0.4, 0.5) is 4.39 Å². The molecule has 6 heteroatoms. The van der Waals surface area contributed by atoms with Crippen LogP contribution in [-0.4, -0.2) is 28.7 Å². The maximum Gasteiger partial charge on any atom is 0.255 e. The maximum absolute atomic E-state index is 13.9. The first-order valence-electron chi connectivity index (χ1n) is 7.85. The summed E-state index contributed by atoms with van der Waals surface area (Å²) in [5.41, 5.74) is 1.36. The van der Waals surface area contributed by atoms with E-state index < -0.39 is 23.7 Å². The molecule has 1 saturated heterocycles. The van der Waals surface area contributed by atoms with Crippen LogP contribution < -0.4 is 5.32 Å². The predicted octanol–water partition coefficient (Wildman–Crippen LogP) is 1.59. The van der Waals surface area contributed by atoms with E-state index in [1.165, 1.54) is 17.0 Å². The van der Waals surface area contributed by atoms with Gasteiger partial charge < -0.3 is 4.90 Å². The topological polar surface area (TPSA) is 66.5 Å². The van der Waals surface area contributed by atoms with Crippen molar-refractivity contribution in [2.75, 3.05) is 0 Å². The highest BCUT2D eigenvalue weighted by atomic mass is 19.1. The van der Waals surface area contributed by atoms with Gasteiger partial charge in [0.05, 0.1) is 0 Å². The first-order chi connectivity index (χ1) is 11.4. The maximum atomic E-state index is 13.9. The monoisotopic (exact) mass is 328 g/mol. The summed E-state index contributed by atoms with van der Waals surface area (Å²) in [6, 6.07) is 1.79. The standard InChI is InChI=1S/C18H17FN2O3/c1-10(2)3-4-11-7-12(19)8-13-14(11)9-21(18(13)24)15-5-6-16(22)20-17(15)23/h7-8,10,15H,5-6,9H2,1-2H3,(H,20,22,23). The Bertz CT molecular complexity index is 804. The second-order valence-corrected chi connectivity index (χ2v) is 6.30. The van der Waals surface area contributed by atoms with Gasteiger partial charge in [0.1, 0.15) is 11.9 Å². The van der Waals surface area contributed by atoms with Gasteiger partial charge in [-0.1, -0.05) is 25.7 Å². The number of hydrogen-bond acceptors (Lipinski definition) is 3. The molecule has 1 N–H and O–H groups in total. The molecule has 24 heavy (non-hydrogen) atoms. The zero-order valence-electron chi connectivity index (χ0n) is 13.5. The summed E-state index contributed by atoms with van der Waals surface area (Å²) in [6.45, 7) is 4.05. The molecular formula is C18H17FN2O3. The average molecular weight is 328 g/mol. The van der Waals surface area contributed by atoms with Gasteiger partial charge in [-0.2, -0.15) is 0 Å². The molecule has 1 aromatic carbocycles. The summed E-state index contributed by atoms with van der Waals surface area (Å²) in [7, 11) is 0. The van der Waals surface area contributed by atoms with Gasteiger partial charge >= 0.3 is 0 Å². The Hall–Kier alpha value is -2.68. The van der Waals surface area contributed by atoms with Crippen molar-refractivity contribution in [1.82, 2.24) is 10.2 Å². The minimum absolute atomic E-state index is 0.118. The Labute approximate surface area is 139 Å². The zero-order valence-corrected chi connectivity index (χ0v) is 13.5. The van der Waals surface area contributed by atoms with Gasteiger partial charge in [-0.15, -0.1) is 0 Å². The third-order valence-corrected chi connectivity index (χ3v) is 4.12. The second kappa shape index (κ2) is 6.08. The quantitative estimate of drug-likeness (QED) is 0.629. The lowest BCUT2D eigenvalue weighted by molar-refractivity contribution is -0.136. The first-order valence-corrected chi connectivity index (χ1v) is 7.85. The minimum atomic E-state index is -0.712. The SMILES string of the molecule is CC(C)C#Cc1cc(F)cc2c1CN(C1CCC(=O)NC1=O)C2=O. The van der Waals surface area contributed by atoms with Crippen molar-refractivity contribution >= 4 is 17.7 Å². The van der Waals surface area contributed by atoms with E-state index in [9.17, 15) is 18.8 Å². The Balaban J connectivity index is 1.95. The molecule has 1 aromatic rings. The number of amides is 3. The van der Waals surface area contributed by atoms with Crippen LogP contribution in [0.3, 0.4) is 0 Å². The molecule has 2 heterocycles. The molecule has 0 spiro atoms. The van der Waals surface area contributed by atoms with Crippen LogP contribution in [-0.2, 0) is 16.1 Å². The smallest absolute Gasteiger partial charge is 0.255 e. The highest BCUT2D eigenvalue weighted by molar-refractivity contribution is 6.05. The van der Waals surface area contributed by atoms with E-state index in [-0.39, 0.29) is 36.8 Å². The number of hydrogen-bond donors (Lipinski definition) is 1. The summed E-state index contributed by atoms with van der Waals surface area (Å²) >= 11 is 0. The van der Waals surface area contributed by atoms with Gasteiger partial charge in [-0.25, -0.2) is 4.39 Å². The number of fused-ring (bicyclic) bond motifs is 1. The molecule has 124 valence electrons. The summed E-state index contributed by atoms with van der Waals surface area (Å²) in [6.07, 6.45) is 0.463. The van der Waals surface area contributed by atoms with Gasteiger partial charge in [-0.05, 0) is 18.6 Å². The molecule has 2 aliphatic rings. The number of rotatable bonds is 1. The lowest BCUT2D eigenvalue weighted by Crippen LogP contribution is -2.52. The largest absolute Gasteiger partial charge is 0.322 e. The molecule has 0 saturated carbocycles. The van der Waals surface area contributed by atoms with Gasteiger partial charge in [0.15, 0.2) is 0 Å². The highest BCUT2D eigenvalue weighted by Crippen LogP contribution is 2.30.